The molecule has 2 aliphatic heterocycles. The van der Waals surface area contributed by atoms with Gasteiger partial charge < -0.3 is 20.1 Å². The number of hydrogen-bond donors (Lipinski definition) is 2. The molecule has 2 saturated heterocycles. The third-order valence-corrected chi connectivity index (χ3v) is 8.38. The molecule has 5 rings (SSSR count). The van der Waals surface area contributed by atoms with Crippen LogP contribution in [-0.4, -0.2) is 65.3 Å². The van der Waals surface area contributed by atoms with E-state index in [1.54, 1.807) is 12.1 Å². The van der Waals surface area contributed by atoms with Crippen LogP contribution in [-0.2, 0) is 20.7 Å². The van der Waals surface area contributed by atoms with Gasteiger partial charge in [0.15, 0.2) is 0 Å². The molecule has 10 heteroatoms. The molecule has 0 radical (unpaired) electrons. The Balaban J connectivity index is 1.35. The van der Waals surface area contributed by atoms with Crippen LogP contribution < -0.4 is 10.6 Å². The van der Waals surface area contributed by atoms with E-state index in [2.05, 4.69) is 25.5 Å². The van der Waals surface area contributed by atoms with Crippen molar-refractivity contribution in [3.63, 3.8) is 0 Å². The molecule has 3 aliphatic rings. The average Bonchev–Trinajstić information content (AvgIpc) is 3.19. The van der Waals surface area contributed by atoms with Gasteiger partial charge in [-0.25, -0.2) is 14.4 Å². The van der Waals surface area contributed by atoms with Gasteiger partial charge in [0.1, 0.15) is 18.0 Å². The van der Waals surface area contributed by atoms with Gasteiger partial charge in [0.2, 0.25) is 5.91 Å². The van der Waals surface area contributed by atoms with Gasteiger partial charge in [-0.3, -0.25) is 9.69 Å². The Morgan fingerprint density at radius 3 is 2.68 bits per heavy atom. The van der Waals surface area contributed by atoms with Crippen molar-refractivity contribution in [2.24, 2.45) is 0 Å². The maximum absolute atomic E-state index is 13.7. The zero-order valence-corrected chi connectivity index (χ0v) is 24.3. The van der Waals surface area contributed by atoms with Crippen LogP contribution in [0.3, 0.4) is 0 Å². The first-order chi connectivity index (χ1) is 20.0. The minimum atomic E-state index is -0.492. The third-order valence-electron chi connectivity index (χ3n) is 8.09. The summed E-state index contributed by atoms with van der Waals surface area (Å²) in [6.07, 6.45) is 15.6. The van der Waals surface area contributed by atoms with E-state index >= 15 is 0 Å². The highest BCUT2D eigenvalue weighted by atomic mass is 35.5. The van der Waals surface area contributed by atoms with E-state index < -0.39 is 5.82 Å². The number of anilines is 2. The Labute approximate surface area is 246 Å². The van der Waals surface area contributed by atoms with Crippen LogP contribution in [0, 0.1) is 5.82 Å². The third kappa shape index (κ3) is 7.92. The Morgan fingerprint density at radius 1 is 1.17 bits per heavy atom. The smallest absolute Gasteiger partial charge is 0.247 e. The van der Waals surface area contributed by atoms with Gasteiger partial charge in [-0.05, 0) is 56.4 Å². The number of aryl methyl sites for hydroxylation is 1. The van der Waals surface area contributed by atoms with Crippen LogP contribution in [0.2, 0.25) is 5.02 Å². The number of carbonyl (C=O) groups excluding carboxylic acids is 1. The molecule has 3 heterocycles. The van der Waals surface area contributed by atoms with Crippen LogP contribution in [0.5, 0.6) is 0 Å². The molecule has 220 valence electrons. The highest BCUT2D eigenvalue weighted by Crippen LogP contribution is 2.29. The van der Waals surface area contributed by atoms with Crippen LogP contribution >= 0.6 is 11.6 Å². The fourth-order valence-corrected chi connectivity index (χ4v) is 6.08. The molecule has 41 heavy (non-hydrogen) atoms. The molecule has 2 aromatic rings. The number of ether oxygens (including phenoxy) is 2. The SMILES string of the molecule is CCc1ncnc(Nc2ccc(F)c(Cl)c2)c1/C=C(\COC1CCCCC1)NC(=O)/C=C/CN1C2CCC1COC2. The molecule has 1 aromatic heterocycles. The minimum Gasteiger partial charge on any atom is -0.378 e. The standard InChI is InChI=1S/C31H39ClFN5O3/c1-2-29-26(31(35-20-34-29)37-21-10-13-28(33)27(32)16-21)15-22(17-41-25-7-4-3-5-8-25)36-30(39)9-6-14-38-23-11-12-24(38)19-40-18-23/h6,9-10,13,15-16,20,23-25H,2-5,7-8,11-12,14,17-19H2,1H3,(H,36,39)(H,34,35,37)/b9-6+,22-15+. The van der Waals surface area contributed by atoms with Crippen molar-refractivity contribution >= 4 is 35.1 Å². The van der Waals surface area contributed by atoms with Gasteiger partial charge in [-0.15, -0.1) is 0 Å². The van der Waals surface area contributed by atoms with Gasteiger partial charge in [0.25, 0.3) is 0 Å². The minimum absolute atomic E-state index is 0.0163. The van der Waals surface area contributed by atoms with Crippen LogP contribution in [0.4, 0.5) is 15.9 Å². The maximum atomic E-state index is 13.7. The Morgan fingerprint density at radius 2 is 1.95 bits per heavy atom. The molecule has 2 unspecified atom stereocenters. The predicted octanol–water partition coefficient (Wildman–Crippen LogP) is 5.80. The zero-order valence-electron chi connectivity index (χ0n) is 23.6. The molecular formula is C31H39ClFN5O3. The van der Waals surface area contributed by atoms with Gasteiger partial charge in [0, 0.05) is 41.7 Å². The number of morpholine rings is 1. The summed E-state index contributed by atoms with van der Waals surface area (Å²) in [5, 5.41) is 6.30. The van der Waals surface area contributed by atoms with Crippen LogP contribution in [0.1, 0.15) is 63.1 Å². The number of amides is 1. The number of benzene rings is 1. The summed E-state index contributed by atoms with van der Waals surface area (Å²) in [5.41, 5.74) is 2.75. The Kier molecular flexibility index (Phi) is 10.4. The monoisotopic (exact) mass is 583 g/mol. The molecule has 1 aliphatic carbocycles. The summed E-state index contributed by atoms with van der Waals surface area (Å²) >= 11 is 6.01. The molecule has 2 bridgehead atoms. The first-order valence-corrected chi connectivity index (χ1v) is 15.1. The summed E-state index contributed by atoms with van der Waals surface area (Å²) in [4.78, 5) is 24.4. The van der Waals surface area contributed by atoms with E-state index in [-0.39, 0.29) is 23.6 Å². The Bertz CT molecular complexity index is 1250. The lowest BCUT2D eigenvalue weighted by Crippen LogP contribution is -2.45. The molecule has 1 aromatic carbocycles. The van der Waals surface area contributed by atoms with E-state index in [4.69, 9.17) is 21.1 Å². The fourth-order valence-electron chi connectivity index (χ4n) is 5.90. The molecule has 1 amide bonds. The largest absolute Gasteiger partial charge is 0.378 e. The number of halogens is 2. The first-order valence-electron chi connectivity index (χ1n) is 14.7. The highest BCUT2D eigenvalue weighted by Gasteiger charge is 2.36. The van der Waals surface area contributed by atoms with E-state index in [1.807, 2.05) is 19.1 Å². The molecule has 2 atom stereocenters. The van der Waals surface area contributed by atoms with E-state index in [0.717, 1.165) is 69.5 Å². The van der Waals surface area contributed by atoms with E-state index in [9.17, 15) is 9.18 Å². The number of nitrogens with zero attached hydrogens (tertiary/aromatic N) is 3. The van der Waals surface area contributed by atoms with Crippen molar-refractivity contribution < 1.29 is 18.7 Å². The lowest BCUT2D eigenvalue weighted by molar-refractivity contribution is -0.116. The summed E-state index contributed by atoms with van der Waals surface area (Å²) in [6, 6.07) is 5.29. The fraction of sp³-hybridized carbons (Fsp3) is 0.516. The van der Waals surface area contributed by atoms with Crippen molar-refractivity contribution in [1.29, 1.82) is 0 Å². The van der Waals surface area contributed by atoms with Crippen molar-refractivity contribution in [3.8, 4) is 0 Å². The molecule has 0 spiro atoms. The van der Waals surface area contributed by atoms with E-state index in [0.29, 0.717) is 35.7 Å². The normalized spacial score (nSPS) is 21.9. The lowest BCUT2D eigenvalue weighted by Gasteiger charge is -2.33. The first kappa shape index (κ1) is 29.6. The van der Waals surface area contributed by atoms with Crippen LogP contribution in [0.15, 0.2) is 42.4 Å². The second-order valence-electron chi connectivity index (χ2n) is 10.9. The van der Waals surface area contributed by atoms with Gasteiger partial charge >= 0.3 is 0 Å². The number of carbonyl (C=O) groups is 1. The van der Waals surface area contributed by atoms with E-state index in [1.165, 1.54) is 24.9 Å². The topological polar surface area (TPSA) is 88.6 Å². The van der Waals surface area contributed by atoms with Gasteiger partial charge in [-0.2, -0.15) is 0 Å². The number of hydrogen-bond acceptors (Lipinski definition) is 7. The molecule has 1 saturated carbocycles. The second kappa shape index (κ2) is 14.4. The van der Waals surface area contributed by atoms with Crippen molar-refractivity contribution in [1.82, 2.24) is 20.2 Å². The predicted molar refractivity (Wildman–Crippen MR) is 159 cm³/mol. The summed E-state index contributed by atoms with van der Waals surface area (Å²) < 4.78 is 25.7. The van der Waals surface area contributed by atoms with Gasteiger partial charge in [-0.1, -0.05) is 43.9 Å². The number of aromatic nitrogens is 2. The summed E-state index contributed by atoms with van der Waals surface area (Å²) in [7, 11) is 0. The lowest BCUT2D eigenvalue weighted by atomic mass is 9.98. The second-order valence-corrected chi connectivity index (χ2v) is 11.3. The summed E-state index contributed by atoms with van der Waals surface area (Å²) in [6.45, 7) is 4.53. The van der Waals surface area contributed by atoms with Crippen molar-refractivity contribution in [2.75, 3.05) is 31.7 Å². The molecule has 2 N–H and O–H groups in total. The molecule has 3 fully saturated rings. The van der Waals surface area contributed by atoms with Gasteiger partial charge in [0.05, 0.1) is 36.6 Å². The quantitative estimate of drug-likeness (QED) is 0.323. The molecule has 8 nitrogen and oxygen atoms in total. The maximum Gasteiger partial charge on any atom is 0.247 e. The highest BCUT2D eigenvalue weighted by molar-refractivity contribution is 6.31. The van der Waals surface area contributed by atoms with Crippen LogP contribution in [0.25, 0.3) is 6.08 Å². The Hall–Kier alpha value is -2.85. The number of nitrogens with one attached hydrogen (secondary N) is 2. The average molecular weight is 584 g/mol. The number of rotatable bonds is 11. The summed E-state index contributed by atoms with van der Waals surface area (Å²) in [5.74, 6) is -0.172. The number of fused-ring (bicyclic) bond motifs is 2. The van der Waals surface area contributed by atoms with Crippen molar-refractivity contribution in [3.05, 3.63) is 64.5 Å². The molecular weight excluding hydrogens is 545 g/mol. The zero-order chi connectivity index (χ0) is 28.6. The van der Waals surface area contributed by atoms with Crippen molar-refractivity contribution in [2.45, 2.75) is 76.5 Å².